The highest BCUT2D eigenvalue weighted by atomic mass is 16.5. The maximum atomic E-state index is 10.3. The summed E-state index contributed by atoms with van der Waals surface area (Å²) >= 11 is 0. The molecule has 0 fully saturated rings. The van der Waals surface area contributed by atoms with Crippen molar-refractivity contribution in [2.24, 2.45) is 5.73 Å². The fourth-order valence-electron chi connectivity index (χ4n) is 1.66. The smallest absolute Gasteiger partial charge is 0.404 e. The van der Waals surface area contributed by atoms with E-state index in [1.54, 1.807) is 0 Å². The lowest BCUT2D eigenvalue weighted by Crippen LogP contribution is -2.23. The van der Waals surface area contributed by atoms with Crippen LogP contribution >= 0.6 is 0 Å². The predicted molar refractivity (Wildman–Crippen MR) is 67.9 cm³/mol. The number of amides is 1. The molecule has 0 radical (unpaired) electrons. The minimum atomic E-state index is -0.728. The maximum absolute atomic E-state index is 10.3. The molecule has 1 aromatic carbocycles. The standard InChI is InChI=1S/C13H20N2O2/c1-9-6-11(3)12(7-10(9)2)8-15-4-5-17-13(14)16/h6-7,15H,4-5,8H2,1-3H3,(H2,14,16). The number of carbonyl (C=O) groups is 1. The summed E-state index contributed by atoms with van der Waals surface area (Å²) < 4.78 is 4.63. The van der Waals surface area contributed by atoms with E-state index in [0.29, 0.717) is 13.2 Å². The van der Waals surface area contributed by atoms with Crippen LogP contribution in [0.1, 0.15) is 22.3 Å². The lowest BCUT2D eigenvalue weighted by Gasteiger charge is -2.10. The summed E-state index contributed by atoms with van der Waals surface area (Å²) in [6, 6.07) is 4.37. The minimum Gasteiger partial charge on any atom is -0.448 e. The van der Waals surface area contributed by atoms with E-state index >= 15 is 0 Å². The highest BCUT2D eigenvalue weighted by molar-refractivity contribution is 5.64. The number of nitrogens with two attached hydrogens (primary N) is 1. The van der Waals surface area contributed by atoms with Crippen molar-refractivity contribution in [1.82, 2.24) is 5.32 Å². The van der Waals surface area contributed by atoms with E-state index in [0.717, 1.165) is 6.54 Å². The normalized spacial score (nSPS) is 10.3. The van der Waals surface area contributed by atoms with Crippen LogP contribution in [0.25, 0.3) is 0 Å². The summed E-state index contributed by atoms with van der Waals surface area (Å²) in [5.74, 6) is 0. The molecule has 3 N–H and O–H groups in total. The van der Waals surface area contributed by atoms with E-state index in [4.69, 9.17) is 5.73 Å². The monoisotopic (exact) mass is 236 g/mol. The Bertz CT molecular complexity index is 403. The van der Waals surface area contributed by atoms with Crippen LogP contribution in [0.3, 0.4) is 0 Å². The second kappa shape index (κ2) is 6.25. The number of aryl methyl sites for hydroxylation is 3. The van der Waals surface area contributed by atoms with Gasteiger partial charge >= 0.3 is 6.09 Å². The maximum Gasteiger partial charge on any atom is 0.404 e. The van der Waals surface area contributed by atoms with Gasteiger partial charge in [-0.05, 0) is 43.0 Å². The Hall–Kier alpha value is -1.55. The number of rotatable bonds is 5. The molecule has 1 amide bonds. The lowest BCUT2D eigenvalue weighted by atomic mass is 10.0. The van der Waals surface area contributed by atoms with Gasteiger partial charge in [0.2, 0.25) is 0 Å². The molecule has 0 saturated heterocycles. The van der Waals surface area contributed by atoms with Crippen molar-refractivity contribution < 1.29 is 9.53 Å². The molecule has 0 saturated carbocycles. The van der Waals surface area contributed by atoms with E-state index in [1.807, 2.05) is 0 Å². The first-order valence-corrected chi connectivity index (χ1v) is 5.70. The van der Waals surface area contributed by atoms with Gasteiger partial charge in [-0.25, -0.2) is 4.79 Å². The van der Waals surface area contributed by atoms with Crippen LogP contribution in [0.15, 0.2) is 12.1 Å². The van der Waals surface area contributed by atoms with Gasteiger partial charge < -0.3 is 15.8 Å². The number of primary amides is 1. The van der Waals surface area contributed by atoms with E-state index < -0.39 is 6.09 Å². The fraction of sp³-hybridized carbons (Fsp3) is 0.462. The Morgan fingerprint density at radius 3 is 2.53 bits per heavy atom. The third-order valence-corrected chi connectivity index (χ3v) is 2.79. The molecule has 17 heavy (non-hydrogen) atoms. The number of hydrogen-bond donors (Lipinski definition) is 2. The predicted octanol–water partition coefficient (Wildman–Crippen LogP) is 1.80. The van der Waals surface area contributed by atoms with Gasteiger partial charge in [0.05, 0.1) is 0 Å². The number of hydrogen-bond acceptors (Lipinski definition) is 3. The Morgan fingerprint density at radius 1 is 1.24 bits per heavy atom. The van der Waals surface area contributed by atoms with Crippen LogP contribution in [0.5, 0.6) is 0 Å². The van der Waals surface area contributed by atoms with Crippen molar-refractivity contribution in [3.63, 3.8) is 0 Å². The molecule has 0 unspecified atom stereocenters. The second-order valence-electron chi connectivity index (χ2n) is 4.21. The lowest BCUT2D eigenvalue weighted by molar-refractivity contribution is 0.157. The molecule has 0 aromatic heterocycles. The van der Waals surface area contributed by atoms with Gasteiger partial charge in [-0.2, -0.15) is 0 Å². The molecule has 1 rings (SSSR count). The Morgan fingerprint density at radius 2 is 1.88 bits per heavy atom. The van der Waals surface area contributed by atoms with Crippen molar-refractivity contribution >= 4 is 6.09 Å². The third kappa shape index (κ3) is 4.44. The van der Waals surface area contributed by atoms with E-state index in [2.05, 4.69) is 43.0 Å². The third-order valence-electron chi connectivity index (χ3n) is 2.79. The van der Waals surface area contributed by atoms with Crippen LogP contribution < -0.4 is 11.1 Å². The summed E-state index contributed by atoms with van der Waals surface area (Å²) in [6.07, 6.45) is -0.728. The molecule has 0 atom stereocenters. The van der Waals surface area contributed by atoms with Crippen molar-refractivity contribution in [3.8, 4) is 0 Å². The quantitative estimate of drug-likeness (QED) is 0.766. The zero-order chi connectivity index (χ0) is 12.8. The molecule has 0 spiro atoms. The van der Waals surface area contributed by atoms with Crippen molar-refractivity contribution in [2.45, 2.75) is 27.3 Å². The summed E-state index contributed by atoms with van der Waals surface area (Å²) in [6.45, 7) is 8.00. The molecule has 0 aliphatic rings. The van der Waals surface area contributed by atoms with Gasteiger partial charge in [0, 0.05) is 13.1 Å². The molecule has 0 bridgehead atoms. The topological polar surface area (TPSA) is 64.3 Å². The van der Waals surface area contributed by atoms with Gasteiger partial charge in [-0.3, -0.25) is 0 Å². The Balaban J connectivity index is 2.41. The Labute approximate surface area is 102 Å². The molecule has 94 valence electrons. The molecule has 1 aromatic rings. The van der Waals surface area contributed by atoms with Crippen LogP contribution in [0, 0.1) is 20.8 Å². The van der Waals surface area contributed by atoms with Crippen LogP contribution in [0.4, 0.5) is 4.79 Å². The molecular formula is C13H20N2O2. The number of carbonyl (C=O) groups excluding carboxylic acids is 1. The first kappa shape index (κ1) is 13.5. The first-order chi connectivity index (χ1) is 8.00. The molecular weight excluding hydrogens is 216 g/mol. The largest absolute Gasteiger partial charge is 0.448 e. The van der Waals surface area contributed by atoms with Crippen molar-refractivity contribution in [3.05, 3.63) is 34.4 Å². The van der Waals surface area contributed by atoms with E-state index in [9.17, 15) is 4.79 Å². The van der Waals surface area contributed by atoms with Crippen LogP contribution in [-0.4, -0.2) is 19.2 Å². The van der Waals surface area contributed by atoms with E-state index in [-0.39, 0.29) is 0 Å². The van der Waals surface area contributed by atoms with Gasteiger partial charge in [0.1, 0.15) is 6.61 Å². The fourth-order valence-corrected chi connectivity index (χ4v) is 1.66. The molecule has 4 nitrogen and oxygen atoms in total. The SMILES string of the molecule is Cc1cc(C)c(CNCCOC(N)=O)cc1C. The number of benzene rings is 1. The molecule has 0 aliphatic heterocycles. The second-order valence-corrected chi connectivity index (χ2v) is 4.21. The summed E-state index contributed by atoms with van der Waals surface area (Å²) in [5, 5.41) is 3.21. The van der Waals surface area contributed by atoms with Gasteiger partial charge in [-0.15, -0.1) is 0 Å². The summed E-state index contributed by atoms with van der Waals surface area (Å²) in [4.78, 5) is 10.3. The van der Waals surface area contributed by atoms with Crippen molar-refractivity contribution in [1.29, 1.82) is 0 Å². The molecule has 0 heterocycles. The van der Waals surface area contributed by atoms with Gasteiger partial charge in [-0.1, -0.05) is 12.1 Å². The number of ether oxygens (including phenoxy) is 1. The van der Waals surface area contributed by atoms with Gasteiger partial charge in [0.25, 0.3) is 0 Å². The highest BCUT2D eigenvalue weighted by Crippen LogP contribution is 2.14. The highest BCUT2D eigenvalue weighted by Gasteiger charge is 2.01. The Kier molecular flexibility index (Phi) is 4.97. The molecule has 4 heteroatoms. The van der Waals surface area contributed by atoms with Crippen molar-refractivity contribution in [2.75, 3.05) is 13.2 Å². The minimum absolute atomic E-state index is 0.305. The molecule has 0 aliphatic carbocycles. The van der Waals surface area contributed by atoms with E-state index in [1.165, 1.54) is 22.3 Å². The zero-order valence-electron chi connectivity index (χ0n) is 10.7. The average molecular weight is 236 g/mol. The first-order valence-electron chi connectivity index (χ1n) is 5.70. The zero-order valence-corrected chi connectivity index (χ0v) is 10.7. The number of nitrogens with one attached hydrogen (secondary N) is 1. The van der Waals surface area contributed by atoms with Crippen LogP contribution in [0.2, 0.25) is 0 Å². The van der Waals surface area contributed by atoms with Gasteiger partial charge in [0.15, 0.2) is 0 Å². The van der Waals surface area contributed by atoms with Crippen LogP contribution in [-0.2, 0) is 11.3 Å². The summed E-state index contributed by atoms with van der Waals surface area (Å²) in [5.41, 5.74) is 10.0. The summed E-state index contributed by atoms with van der Waals surface area (Å²) in [7, 11) is 0. The average Bonchev–Trinajstić information content (AvgIpc) is 2.24.